The normalized spacial score (nSPS) is 13.7. The van der Waals surface area contributed by atoms with Crippen LogP contribution < -0.4 is 10.0 Å². The van der Waals surface area contributed by atoms with Crippen LogP contribution in [0.15, 0.2) is 23.1 Å². The lowest BCUT2D eigenvalue weighted by atomic mass is 10.2. The van der Waals surface area contributed by atoms with Gasteiger partial charge in [-0.2, -0.15) is 0 Å². The fourth-order valence-corrected chi connectivity index (χ4v) is 3.47. The minimum atomic E-state index is -3.57. The summed E-state index contributed by atoms with van der Waals surface area (Å²) in [6.45, 7) is 8.45. The molecule has 1 rings (SSSR count). The van der Waals surface area contributed by atoms with E-state index in [0.29, 0.717) is 12.6 Å². The Bertz CT molecular complexity index is 544. The van der Waals surface area contributed by atoms with Crippen molar-refractivity contribution in [1.29, 1.82) is 0 Å². The maximum Gasteiger partial charge on any atom is 0.242 e. The Balaban J connectivity index is 3.01. The lowest BCUT2D eigenvalue weighted by Crippen LogP contribution is -2.32. The summed E-state index contributed by atoms with van der Waals surface area (Å²) in [5, 5.41) is 3.50. The largest absolute Gasteiger partial charge is 0.310 e. The minimum absolute atomic E-state index is 0.117. The van der Waals surface area contributed by atoms with Gasteiger partial charge in [0.25, 0.3) is 0 Å². The van der Waals surface area contributed by atoms with Crippen molar-refractivity contribution in [3.63, 3.8) is 0 Å². The molecule has 20 heavy (non-hydrogen) atoms. The van der Waals surface area contributed by atoms with Crippen molar-refractivity contribution in [3.05, 3.63) is 28.8 Å². The molecule has 4 nitrogen and oxygen atoms in total. The number of halogens is 1. The molecular weight excluding hydrogens is 296 g/mol. The van der Waals surface area contributed by atoms with Crippen molar-refractivity contribution in [2.45, 2.75) is 57.6 Å². The summed E-state index contributed by atoms with van der Waals surface area (Å²) in [6, 6.07) is 5.31. The van der Waals surface area contributed by atoms with Crippen molar-refractivity contribution >= 4 is 21.6 Å². The second-order valence-electron chi connectivity index (χ2n) is 5.23. The Hall–Kier alpha value is -0.620. The van der Waals surface area contributed by atoms with E-state index in [-0.39, 0.29) is 16.0 Å². The van der Waals surface area contributed by atoms with Gasteiger partial charge in [0.2, 0.25) is 10.0 Å². The standard InChI is InChI=1S/C14H23ClN2O2S/c1-5-11(4)17-20(18,19)14-8-12(6-7-13(14)15)9-16-10(2)3/h6-8,10-11,16-17H,5,9H2,1-4H3. The second-order valence-corrected chi connectivity index (χ2v) is 7.32. The summed E-state index contributed by atoms with van der Waals surface area (Å²) in [7, 11) is -3.57. The van der Waals surface area contributed by atoms with Gasteiger partial charge in [-0.3, -0.25) is 0 Å². The molecule has 1 aromatic carbocycles. The maximum atomic E-state index is 12.3. The predicted molar refractivity (Wildman–Crippen MR) is 83.5 cm³/mol. The number of sulfonamides is 1. The van der Waals surface area contributed by atoms with E-state index < -0.39 is 10.0 Å². The molecule has 6 heteroatoms. The number of nitrogens with one attached hydrogen (secondary N) is 2. The van der Waals surface area contributed by atoms with Crippen LogP contribution in [-0.2, 0) is 16.6 Å². The predicted octanol–water partition coefficient (Wildman–Crippen LogP) is 2.91. The molecule has 2 N–H and O–H groups in total. The van der Waals surface area contributed by atoms with E-state index in [4.69, 9.17) is 11.6 Å². The fraction of sp³-hybridized carbons (Fsp3) is 0.571. The van der Waals surface area contributed by atoms with E-state index in [1.165, 1.54) is 0 Å². The zero-order valence-electron chi connectivity index (χ0n) is 12.4. The Kier molecular flexibility index (Phi) is 6.45. The van der Waals surface area contributed by atoms with Crippen LogP contribution in [0, 0.1) is 0 Å². The Morgan fingerprint density at radius 1 is 1.25 bits per heavy atom. The summed E-state index contributed by atoms with van der Waals surface area (Å²) in [6.07, 6.45) is 0.728. The van der Waals surface area contributed by atoms with E-state index in [2.05, 4.69) is 10.0 Å². The van der Waals surface area contributed by atoms with Crippen LogP contribution in [0.1, 0.15) is 39.7 Å². The molecular formula is C14H23ClN2O2S. The number of benzene rings is 1. The van der Waals surface area contributed by atoms with Crippen LogP contribution in [0.25, 0.3) is 0 Å². The zero-order chi connectivity index (χ0) is 15.3. The smallest absolute Gasteiger partial charge is 0.242 e. The third-order valence-corrected chi connectivity index (χ3v) is 5.04. The van der Waals surface area contributed by atoms with Gasteiger partial charge in [-0.25, -0.2) is 13.1 Å². The molecule has 0 spiro atoms. The third kappa shape index (κ3) is 5.05. The molecule has 0 aliphatic heterocycles. The molecule has 0 saturated carbocycles. The van der Waals surface area contributed by atoms with E-state index in [0.717, 1.165) is 12.0 Å². The van der Waals surface area contributed by atoms with Crippen molar-refractivity contribution in [2.75, 3.05) is 0 Å². The van der Waals surface area contributed by atoms with Crippen molar-refractivity contribution in [3.8, 4) is 0 Å². The van der Waals surface area contributed by atoms with Crippen molar-refractivity contribution < 1.29 is 8.42 Å². The highest BCUT2D eigenvalue weighted by atomic mass is 35.5. The topological polar surface area (TPSA) is 58.2 Å². The lowest BCUT2D eigenvalue weighted by Gasteiger charge is -2.14. The molecule has 0 amide bonds. The van der Waals surface area contributed by atoms with Gasteiger partial charge in [0.1, 0.15) is 4.90 Å². The van der Waals surface area contributed by atoms with Crippen LogP contribution in [0.4, 0.5) is 0 Å². The minimum Gasteiger partial charge on any atom is -0.310 e. The summed E-state index contributed by atoms with van der Waals surface area (Å²) < 4.78 is 27.2. The van der Waals surface area contributed by atoms with Crippen LogP contribution in [0.3, 0.4) is 0 Å². The van der Waals surface area contributed by atoms with Crippen LogP contribution in [0.2, 0.25) is 5.02 Å². The van der Waals surface area contributed by atoms with Gasteiger partial charge in [-0.1, -0.05) is 38.4 Å². The molecule has 0 bridgehead atoms. The van der Waals surface area contributed by atoms with Crippen LogP contribution >= 0.6 is 11.6 Å². The van der Waals surface area contributed by atoms with Gasteiger partial charge >= 0.3 is 0 Å². The highest BCUT2D eigenvalue weighted by Gasteiger charge is 2.20. The number of hydrogen-bond acceptors (Lipinski definition) is 3. The maximum absolute atomic E-state index is 12.3. The van der Waals surface area contributed by atoms with Crippen molar-refractivity contribution in [1.82, 2.24) is 10.0 Å². The summed E-state index contributed by atoms with van der Waals surface area (Å²) in [5.74, 6) is 0. The molecule has 0 aromatic heterocycles. The van der Waals surface area contributed by atoms with Crippen LogP contribution in [0.5, 0.6) is 0 Å². The first-order chi connectivity index (χ1) is 9.26. The second kappa shape index (κ2) is 7.41. The van der Waals surface area contributed by atoms with Gasteiger partial charge in [-0.05, 0) is 31.0 Å². The van der Waals surface area contributed by atoms with Gasteiger partial charge in [0, 0.05) is 18.6 Å². The average Bonchev–Trinajstić information content (AvgIpc) is 2.36. The number of hydrogen-bond donors (Lipinski definition) is 2. The Labute approximate surface area is 127 Å². The van der Waals surface area contributed by atoms with Crippen molar-refractivity contribution in [2.24, 2.45) is 0 Å². The highest BCUT2D eigenvalue weighted by Crippen LogP contribution is 2.23. The molecule has 1 atom stereocenters. The number of rotatable bonds is 7. The molecule has 0 heterocycles. The Morgan fingerprint density at radius 3 is 2.45 bits per heavy atom. The van der Waals surface area contributed by atoms with E-state index in [9.17, 15) is 8.42 Å². The summed E-state index contributed by atoms with van der Waals surface area (Å²) in [5.41, 5.74) is 0.896. The summed E-state index contributed by atoms with van der Waals surface area (Å²) >= 11 is 6.03. The lowest BCUT2D eigenvalue weighted by molar-refractivity contribution is 0.555. The van der Waals surface area contributed by atoms with Gasteiger partial charge < -0.3 is 5.32 Å². The molecule has 0 saturated heterocycles. The van der Waals surface area contributed by atoms with Crippen LogP contribution in [-0.4, -0.2) is 20.5 Å². The van der Waals surface area contributed by atoms with Gasteiger partial charge in [0.05, 0.1) is 5.02 Å². The fourth-order valence-electron chi connectivity index (χ4n) is 1.60. The molecule has 1 unspecified atom stereocenters. The molecule has 1 aromatic rings. The summed E-state index contributed by atoms with van der Waals surface area (Å²) in [4.78, 5) is 0.141. The molecule has 0 aliphatic rings. The SMILES string of the molecule is CCC(C)NS(=O)(=O)c1cc(CNC(C)C)ccc1Cl. The monoisotopic (exact) mass is 318 g/mol. The zero-order valence-corrected chi connectivity index (χ0v) is 14.0. The molecule has 0 aliphatic carbocycles. The average molecular weight is 319 g/mol. The molecule has 114 valence electrons. The van der Waals surface area contributed by atoms with Gasteiger partial charge in [-0.15, -0.1) is 0 Å². The first-order valence-corrected chi connectivity index (χ1v) is 8.66. The highest BCUT2D eigenvalue weighted by molar-refractivity contribution is 7.89. The molecule has 0 fully saturated rings. The van der Waals surface area contributed by atoms with E-state index in [1.54, 1.807) is 12.1 Å². The first-order valence-electron chi connectivity index (χ1n) is 6.80. The van der Waals surface area contributed by atoms with E-state index >= 15 is 0 Å². The first kappa shape index (κ1) is 17.4. The molecule has 0 radical (unpaired) electrons. The third-order valence-electron chi connectivity index (χ3n) is 2.97. The Morgan fingerprint density at radius 2 is 1.90 bits per heavy atom. The van der Waals surface area contributed by atoms with Gasteiger partial charge in [0.15, 0.2) is 0 Å². The quantitative estimate of drug-likeness (QED) is 0.812. The van der Waals surface area contributed by atoms with E-state index in [1.807, 2.05) is 33.8 Å².